The van der Waals surface area contributed by atoms with E-state index in [1.54, 1.807) is 0 Å². The fourth-order valence-electron chi connectivity index (χ4n) is 2.23. The minimum atomic E-state index is -0.551. The van der Waals surface area contributed by atoms with E-state index in [9.17, 15) is 10.1 Å². The van der Waals surface area contributed by atoms with Crippen LogP contribution in [0, 0.1) is 24.0 Å². The maximum Gasteiger partial charge on any atom is 0.389 e. The second kappa shape index (κ2) is 5.99. The van der Waals surface area contributed by atoms with Crippen LogP contribution in [0.25, 0.3) is 0 Å². The van der Waals surface area contributed by atoms with Gasteiger partial charge in [-0.2, -0.15) is 9.78 Å². The van der Waals surface area contributed by atoms with Crippen molar-refractivity contribution in [2.24, 2.45) is 0 Å². The molecule has 0 fully saturated rings. The van der Waals surface area contributed by atoms with Crippen molar-refractivity contribution < 1.29 is 9.34 Å². The van der Waals surface area contributed by atoms with Gasteiger partial charge >= 0.3 is 5.82 Å². The normalized spacial score (nSPS) is 11.0. The first-order valence-electron chi connectivity index (χ1n) is 7.01. The highest BCUT2D eigenvalue weighted by molar-refractivity contribution is 5.14. The second-order valence-corrected chi connectivity index (χ2v) is 5.12. The van der Waals surface area contributed by atoms with Gasteiger partial charge < -0.3 is 14.5 Å². The van der Waals surface area contributed by atoms with E-state index >= 15 is 0 Å². The number of hydrogen-bond donors (Lipinski definition) is 0. The van der Waals surface area contributed by atoms with Crippen molar-refractivity contribution in [3.8, 4) is 0 Å². The highest BCUT2D eigenvalue weighted by atomic mass is 16.6. The van der Waals surface area contributed by atoms with Crippen LogP contribution in [0.3, 0.4) is 0 Å². The lowest BCUT2D eigenvalue weighted by Crippen LogP contribution is -2.05. The first-order chi connectivity index (χ1) is 11.0. The Hall–Kier alpha value is -3.04. The summed E-state index contributed by atoms with van der Waals surface area (Å²) in [6, 6.07) is 3.32. The third-order valence-electron chi connectivity index (χ3n) is 3.26. The summed E-state index contributed by atoms with van der Waals surface area (Å²) in [6.07, 6.45) is 2.06. The van der Waals surface area contributed by atoms with Gasteiger partial charge in [0, 0.05) is 18.7 Å². The fourth-order valence-corrected chi connectivity index (χ4v) is 2.23. The summed E-state index contributed by atoms with van der Waals surface area (Å²) < 4.78 is 8.80. The first kappa shape index (κ1) is 14.9. The van der Waals surface area contributed by atoms with Crippen LogP contribution in [0.5, 0.6) is 0 Å². The molecule has 120 valence electrons. The van der Waals surface area contributed by atoms with Crippen molar-refractivity contribution in [3.63, 3.8) is 0 Å². The molecule has 3 aromatic heterocycles. The fraction of sp³-hybridized carbons (Fsp3) is 0.385. The summed E-state index contributed by atoms with van der Waals surface area (Å²) in [5.74, 6) is 0.634. The molecule has 10 heteroatoms. The van der Waals surface area contributed by atoms with E-state index < -0.39 is 4.92 Å². The SMILES string of the molecule is Cc1cc(C)n(CCc2nnc(Cn3ccc([N+](=O)[O-])n3)o2)n1. The zero-order chi connectivity index (χ0) is 16.4. The number of rotatable bonds is 6. The Morgan fingerprint density at radius 2 is 2.04 bits per heavy atom. The van der Waals surface area contributed by atoms with E-state index in [-0.39, 0.29) is 12.4 Å². The summed E-state index contributed by atoms with van der Waals surface area (Å²) >= 11 is 0. The minimum absolute atomic E-state index is 0.195. The van der Waals surface area contributed by atoms with Gasteiger partial charge in [-0.3, -0.25) is 4.68 Å². The Kier molecular flexibility index (Phi) is 3.87. The molecule has 3 aromatic rings. The van der Waals surface area contributed by atoms with Crippen molar-refractivity contribution in [1.82, 2.24) is 29.8 Å². The Balaban J connectivity index is 1.61. The van der Waals surface area contributed by atoms with Crippen LogP contribution in [-0.2, 0) is 19.5 Å². The molecular formula is C13H15N7O3. The van der Waals surface area contributed by atoms with E-state index in [4.69, 9.17) is 4.42 Å². The Morgan fingerprint density at radius 3 is 2.70 bits per heavy atom. The number of aromatic nitrogens is 6. The quantitative estimate of drug-likeness (QED) is 0.496. The monoisotopic (exact) mass is 317 g/mol. The van der Waals surface area contributed by atoms with Gasteiger partial charge in [-0.1, -0.05) is 0 Å². The molecule has 0 aliphatic heterocycles. The number of hydrogen-bond acceptors (Lipinski definition) is 7. The van der Waals surface area contributed by atoms with Crippen LogP contribution in [0.4, 0.5) is 5.82 Å². The predicted molar refractivity (Wildman–Crippen MR) is 77.7 cm³/mol. The summed E-state index contributed by atoms with van der Waals surface area (Å²) in [5.41, 5.74) is 2.04. The third-order valence-corrected chi connectivity index (χ3v) is 3.26. The zero-order valence-electron chi connectivity index (χ0n) is 12.7. The van der Waals surface area contributed by atoms with Crippen LogP contribution < -0.4 is 0 Å². The first-order valence-corrected chi connectivity index (χ1v) is 7.01. The smallest absolute Gasteiger partial charge is 0.389 e. The lowest BCUT2D eigenvalue weighted by Gasteiger charge is -2.00. The topological polar surface area (TPSA) is 118 Å². The number of nitrogens with zero attached hydrogens (tertiary/aromatic N) is 7. The standard InChI is InChI=1S/C13H15N7O3/c1-9-7-10(2)19(16-9)6-4-12-14-15-13(23-12)8-18-5-3-11(17-18)20(21)22/h3,5,7H,4,6,8H2,1-2H3. The lowest BCUT2D eigenvalue weighted by atomic mass is 10.4. The molecule has 0 amide bonds. The molecular weight excluding hydrogens is 302 g/mol. The van der Waals surface area contributed by atoms with Gasteiger partial charge in [0.05, 0.1) is 23.1 Å². The zero-order valence-corrected chi connectivity index (χ0v) is 12.7. The van der Waals surface area contributed by atoms with Crippen molar-refractivity contribution in [1.29, 1.82) is 0 Å². The lowest BCUT2D eigenvalue weighted by molar-refractivity contribution is -0.389. The molecule has 23 heavy (non-hydrogen) atoms. The molecule has 0 saturated heterocycles. The molecule has 10 nitrogen and oxygen atoms in total. The van der Waals surface area contributed by atoms with Crippen LogP contribution >= 0.6 is 0 Å². The molecule has 0 aliphatic carbocycles. The minimum Gasteiger partial charge on any atom is -0.423 e. The molecule has 0 N–H and O–H groups in total. The molecule has 3 rings (SSSR count). The van der Waals surface area contributed by atoms with Crippen molar-refractivity contribution in [2.45, 2.75) is 33.4 Å². The maximum absolute atomic E-state index is 10.6. The molecule has 0 radical (unpaired) electrons. The summed E-state index contributed by atoms with van der Waals surface area (Å²) in [7, 11) is 0. The highest BCUT2D eigenvalue weighted by Gasteiger charge is 2.14. The molecule has 0 aromatic carbocycles. The Labute approximate surface area is 130 Å². The molecule has 0 saturated carbocycles. The van der Waals surface area contributed by atoms with Crippen LogP contribution in [0.15, 0.2) is 22.7 Å². The average Bonchev–Trinajstić information content (AvgIpc) is 3.18. The molecule has 0 bridgehead atoms. The van der Waals surface area contributed by atoms with Gasteiger partial charge in [0.25, 0.3) is 0 Å². The van der Waals surface area contributed by atoms with Gasteiger partial charge in [-0.15, -0.1) is 10.2 Å². The van der Waals surface area contributed by atoms with Crippen molar-refractivity contribution >= 4 is 5.82 Å². The molecule has 0 aliphatic rings. The van der Waals surface area contributed by atoms with Crippen molar-refractivity contribution in [3.05, 3.63) is 51.6 Å². The summed E-state index contributed by atoms with van der Waals surface area (Å²) in [4.78, 5) is 10.0. The van der Waals surface area contributed by atoms with E-state index in [0.29, 0.717) is 24.7 Å². The third kappa shape index (κ3) is 3.42. The van der Waals surface area contributed by atoms with Crippen LogP contribution in [-0.4, -0.2) is 34.7 Å². The second-order valence-electron chi connectivity index (χ2n) is 5.12. The van der Waals surface area contributed by atoms with Gasteiger partial charge in [0.15, 0.2) is 0 Å². The summed E-state index contributed by atoms with van der Waals surface area (Å²) in [5, 5.41) is 26.7. The number of aryl methyl sites for hydroxylation is 4. The molecule has 0 spiro atoms. The molecule has 3 heterocycles. The van der Waals surface area contributed by atoms with Gasteiger partial charge in [-0.25, -0.2) is 0 Å². The van der Waals surface area contributed by atoms with E-state index in [1.165, 1.54) is 16.9 Å². The maximum atomic E-state index is 10.6. The van der Waals surface area contributed by atoms with E-state index in [2.05, 4.69) is 20.4 Å². The van der Waals surface area contributed by atoms with Crippen molar-refractivity contribution in [2.75, 3.05) is 0 Å². The molecule has 0 atom stereocenters. The van der Waals surface area contributed by atoms with Gasteiger partial charge in [-0.05, 0) is 24.8 Å². The predicted octanol–water partition coefficient (Wildman–Crippen LogP) is 1.28. The number of nitro groups is 1. The Bertz CT molecular complexity index is 832. The molecule has 0 unspecified atom stereocenters. The van der Waals surface area contributed by atoms with Gasteiger partial charge in [0.2, 0.25) is 11.8 Å². The van der Waals surface area contributed by atoms with E-state index in [1.807, 2.05) is 24.6 Å². The van der Waals surface area contributed by atoms with E-state index in [0.717, 1.165) is 11.4 Å². The van der Waals surface area contributed by atoms with Crippen LogP contribution in [0.1, 0.15) is 23.2 Å². The van der Waals surface area contributed by atoms with Gasteiger partial charge in [0.1, 0.15) is 6.54 Å². The highest BCUT2D eigenvalue weighted by Crippen LogP contribution is 2.09. The average molecular weight is 317 g/mol. The van der Waals surface area contributed by atoms with Crippen LogP contribution in [0.2, 0.25) is 0 Å². The Morgan fingerprint density at radius 1 is 1.26 bits per heavy atom. The summed E-state index contributed by atoms with van der Waals surface area (Å²) in [6.45, 7) is 4.77. The largest absolute Gasteiger partial charge is 0.423 e.